The number of aliphatic hydroxyl groups is 1. The van der Waals surface area contributed by atoms with Gasteiger partial charge in [-0.2, -0.15) is 0 Å². The summed E-state index contributed by atoms with van der Waals surface area (Å²) in [5.41, 5.74) is 3.53. The lowest BCUT2D eigenvalue weighted by Crippen LogP contribution is -2.30. The second-order valence-corrected chi connectivity index (χ2v) is 7.89. The molecule has 0 unspecified atom stereocenters. The molecular formula is C22H26N2O3. The molecule has 3 rings (SSSR count). The van der Waals surface area contributed by atoms with Crippen LogP contribution in [-0.4, -0.2) is 27.4 Å². The van der Waals surface area contributed by atoms with Gasteiger partial charge in [-0.25, -0.2) is 4.98 Å². The number of aromatic nitrogens is 2. The van der Waals surface area contributed by atoms with Crippen LogP contribution in [0.3, 0.4) is 0 Å². The van der Waals surface area contributed by atoms with Crippen LogP contribution in [0.1, 0.15) is 31.9 Å². The monoisotopic (exact) mass is 366 g/mol. The van der Waals surface area contributed by atoms with Crippen molar-refractivity contribution in [2.75, 3.05) is 6.61 Å². The first-order valence-electron chi connectivity index (χ1n) is 9.12. The number of nitrogens with zero attached hydrogens (tertiary/aromatic N) is 2. The van der Waals surface area contributed by atoms with Crippen LogP contribution in [0.5, 0.6) is 5.75 Å². The average Bonchev–Trinajstić information content (AvgIpc) is 2.62. The number of hydrogen-bond donors (Lipinski definition) is 1. The Morgan fingerprint density at radius 2 is 1.93 bits per heavy atom. The summed E-state index contributed by atoms with van der Waals surface area (Å²) in [4.78, 5) is 16.3. The Morgan fingerprint density at radius 1 is 1.19 bits per heavy atom. The first kappa shape index (κ1) is 19.1. The van der Waals surface area contributed by atoms with Gasteiger partial charge in [0.15, 0.2) is 0 Å². The number of para-hydroxylation sites is 2. The number of benzene rings is 2. The molecule has 2 aromatic carbocycles. The summed E-state index contributed by atoms with van der Waals surface area (Å²) in [5.74, 6) is 0.744. The predicted molar refractivity (Wildman–Crippen MR) is 107 cm³/mol. The molecule has 0 saturated carbocycles. The van der Waals surface area contributed by atoms with E-state index in [1.165, 1.54) is 16.3 Å². The number of hydrogen-bond acceptors (Lipinski definition) is 4. The maximum absolute atomic E-state index is 12.2. The van der Waals surface area contributed by atoms with E-state index in [0.29, 0.717) is 5.52 Å². The standard InChI is InChI=1S/C22H26N2O3/c1-15-11-16(22(2,3)4)9-10-20(15)27-14-17(25)13-24-19-8-6-5-7-18(19)23-12-21(24)26/h5-12,17,25H,13-14H2,1-4H3/t17-/m0/s1. The minimum atomic E-state index is -0.810. The minimum Gasteiger partial charge on any atom is -0.491 e. The molecule has 0 fully saturated rings. The van der Waals surface area contributed by atoms with Crippen LogP contribution in [0, 0.1) is 6.92 Å². The minimum absolute atomic E-state index is 0.0758. The van der Waals surface area contributed by atoms with Crippen molar-refractivity contribution in [1.29, 1.82) is 0 Å². The van der Waals surface area contributed by atoms with E-state index in [9.17, 15) is 9.90 Å². The normalized spacial score (nSPS) is 12.9. The van der Waals surface area contributed by atoms with Gasteiger partial charge >= 0.3 is 0 Å². The first-order valence-corrected chi connectivity index (χ1v) is 9.12. The van der Waals surface area contributed by atoms with Crippen molar-refractivity contribution in [2.24, 2.45) is 0 Å². The smallest absolute Gasteiger partial charge is 0.269 e. The molecule has 142 valence electrons. The molecule has 3 aromatic rings. The van der Waals surface area contributed by atoms with E-state index in [2.05, 4.69) is 37.9 Å². The third-order valence-electron chi connectivity index (χ3n) is 4.62. The third-order valence-corrected chi connectivity index (χ3v) is 4.62. The summed E-state index contributed by atoms with van der Waals surface area (Å²) in [6.07, 6.45) is 0.473. The van der Waals surface area contributed by atoms with E-state index in [4.69, 9.17) is 4.74 Å². The quantitative estimate of drug-likeness (QED) is 0.751. The van der Waals surface area contributed by atoms with Crippen LogP contribution in [0.4, 0.5) is 0 Å². The van der Waals surface area contributed by atoms with Crippen LogP contribution >= 0.6 is 0 Å². The van der Waals surface area contributed by atoms with Crippen LogP contribution in [0.2, 0.25) is 0 Å². The molecule has 0 bridgehead atoms. The molecule has 0 saturated heterocycles. The fourth-order valence-electron chi connectivity index (χ4n) is 3.03. The summed E-state index contributed by atoms with van der Waals surface area (Å²) in [5, 5.41) is 10.4. The van der Waals surface area contributed by atoms with Gasteiger partial charge in [-0.05, 0) is 41.7 Å². The van der Waals surface area contributed by atoms with Gasteiger partial charge in [-0.3, -0.25) is 4.79 Å². The Bertz CT molecular complexity index is 1000. The van der Waals surface area contributed by atoms with Gasteiger partial charge in [0.1, 0.15) is 18.5 Å². The van der Waals surface area contributed by atoms with Gasteiger partial charge < -0.3 is 14.4 Å². The summed E-state index contributed by atoms with van der Waals surface area (Å²) < 4.78 is 7.34. The SMILES string of the molecule is Cc1cc(C(C)(C)C)ccc1OC[C@@H](O)Cn1c(=O)cnc2ccccc21. The number of fused-ring (bicyclic) bond motifs is 1. The zero-order valence-corrected chi connectivity index (χ0v) is 16.3. The van der Waals surface area contributed by atoms with Gasteiger partial charge in [0.2, 0.25) is 0 Å². The number of rotatable bonds is 5. The molecule has 1 N–H and O–H groups in total. The summed E-state index contributed by atoms with van der Waals surface area (Å²) in [6.45, 7) is 8.77. The van der Waals surface area contributed by atoms with Crippen LogP contribution < -0.4 is 10.3 Å². The Kier molecular flexibility index (Phi) is 5.33. The van der Waals surface area contributed by atoms with Crippen molar-refractivity contribution >= 4 is 11.0 Å². The highest BCUT2D eigenvalue weighted by molar-refractivity contribution is 5.74. The maximum atomic E-state index is 12.2. The van der Waals surface area contributed by atoms with Crippen LogP contribution in [0.15, 0.2) is 53.5 Å². The molecule has 0 radical (unpaired) electrons. The average molecular weight is 366 g/mol. The highest BCUT2D eigenvalue weighted by Crippen LogP contribution is 2.27. The Balaban J connectivity index is 1.72. The molecule has 5 nitrogen and oxygen atoms in total. The van der Waals surface area contributed by atoms with E-state index in [-0.39, 0.29) is 24.1 Å². The van der Waals surface area contributed by atoms with Crippen LogP contribution in [0.25, 0.3) is 11.0 Å². The molecular weight excluding hydrogens is 340 g/mol. The second kappa shape index (κ2) is 7.53. The molecule has 27 heavy (non-hydrogen) atoms. The Labute approximate surface area is 159 Å². The van der Waals surface area contributed by atoms with Gasteiger partial charge in [0.05, 0.1) is 23.8 Å². The molecule has 1 heterocycles. The van der Waals surface area contributed by atoms with E-state index in [1.807, 2.05) is 37.3 Å². The van der Waals surface area contributed by atoms with Crippen molar-refractivity contribution in [3.8, 4) is 5.75 Å². The van der Waals surface area contributed by atoms with E-state index >= 15 is 0 Å². The first-order chi connectivity index (χ1) is 12.8. The van der Waals surface area contributed by atoms with E-state index < -0.39 is 6.10 Å². The van der Waals surface area contributed by atoms with Crippen LogP contribution in [-0.2, 0) is 12.0 Å². The summed E-state index contributed by atoms with van der Waals surface area (Å²) in [7, 11) is 0. The predicted octanol–water partition coefficient (Wildman–Crippen LogP) is 3.44. The maximum Gasteiger partial charge on any atom is 0.269 e. The molecule has 0 amide bonds. The van der Waals surface area contributed by atoms with Crippen molar-refractivity contribution < 1.29 is 9.84 Å². The lowest BCUT2D eigenvalue weighted by Gasteiger charge is -2.21. The zero-order chi connectivity index (χ0) is 19.6. The second-order valence-electron chi connectivity index (χ2n) is 7.89. The third kappa shape index (κ3) is 4.37. The molecule has 0 aliphatic rings. The Hall–Kier alpha value is -2.66. The molecule has 0 aliphatic heterocycles. The number of aliphatic hydroxyl groups excluding tert-OH is 1. The van der Waals surface area contributed by atoms with Crippen molar-refractivity contribution in [1.82, 2.24) is 9.55 Å². The van der Waals surface area contributed by atoms with Gasteiger partial charge in [0.25, 0.3) is 5.56 Å². The molecule has 0 spiro atoms. The fraction of sp³-hybridized carbons (Fsp3) is 0.364. The highest BCUT2D eigenvalue weighted by atomic mass is 16.5. The highest BCUT2D eigenvalue weighted by Gasteiger charge is 2.16. The number of aryl methyl sites for hydroxylation is 1. The summed E-state index contributed by atoms with van der Waals surface area (Å²) in [6, 6.07) is 13.5. The molecule has 1 atom stereocenters. The lowest BCUT2D eigenvalue weighted by atomic mass is 9.86. The Morgan fingerprint density at radius 3 is 2.63 bits per heavy atom. The molecule has 0 aliphatic carbocycles. The van der Waals surface area contributed by atoms with Gasteiger partial charge in [-0.15, -0.1) is 0 Å². The molecule has 5 heteroatoms. The summed E-state index contributed by atoms with van der Waals surface area (Å²) >= 11 is 0. The van der Waals surface area contributed by atoms with E-state index in [0.717, 1.165) is 16.8 Å². The zero-order valence-electron chi connectivity index (χ0n) is 16.3. The van der Waals surface area contributed by atoms with Crippen molar-refractivity contribution in [3.63, 3.8) is 0 Å². The largest absolute Gasteiger partial charge is 0.491 e. The molecule has 1 aromatic heterocycles. The van der Waals surface area contributed by atoms with Gasteiger partial charge in [-0.1, -0.05) is 45.0 Å². The lowest BCUT2D eigenvalue weighted by molar-refractivity contribution is 0.0923. The van der Waals surface area contributed by atoms with Crippen molar-refractivity contribution in [2.45, 2.75) is 45.8 Å². The van der Waals surface area contributed by atoms with Gasteiger partial charge in [0, 0.05) is 0 Å². The topological polar surface area (TPSA) is 64.3 Å². The van der Waals surface area contributed by atoms with E-state index in [1.54, 1.807) is 0 Å². The van der Waals surface area contributed by atoms with Crippen molar-refractivity contribution in [3.05, 3.63) is 70.1 Å². The fourth-order valence-corrected chi connectivity index (χ4v) is 3.03. The number of ether oxygens (including phenoxy) is 1.